The molecule has 0 radical (unpaired) electrons. The van der Waals surface area contributed by atoms with Crippen molar-refractivity contribution in [2.75, 3.05) is 0 Å². The molecule has 0 saturated heterocycles. The lowest BCUT2D eigenvalue weighted by atomic mass is 9.65. The van der Waals surface area contributed by atoms with Gasteiger partial charge in [-0.3, -0.25) is 0 Å². The summed E-state index contributed by atoms with van der Waals surface area (Å²) in [4.78, 5) is 0. The second-order valence-corrected chi connectivity index (χ2v) is 6.47. The molecule has 1 atom stereocenters. The van der Waals surface area contributed by atoms with Gasteiger partial charge in [0.05, 0.1) is 0 Å². The van der Waals surface area contributed by atoms with Crippen LogP contribution in [-0.4, -0.2) is 0 Å². The van der Waals surface area contributed by atoms with Gasteiger partial charge in [0.2, 0.25) is 0 Å². The van der Waals surface area contributed by atoms with Crippen LogP contribution in [0.15, 0.2) is 43.0 Å². The summed E-state index contributed by atoms with van der Waals surface area (Å²) in [7, 11) is 0. The molecule has 0 bridgehead atoms. The molecule has 1 aliphatic carbocycles. The third kappa shape index (κ3) is 3.96. The minimum atomic E-state index is 0.456. The Hall–Kier alpha value is -1.04. The Morgan fingerprint density at radius 2 is 1.84 bits per heavy atom. The molecule has 0 aromatic heterocycles. The molecule has 0 heterocycles. The van der Waals surface area contributed by atoms with Crippen LogP contribution < -0.4 is 0 Å². The summed E-state index contributed by atoms with van der Waals surface area (Å²) in [6.45, 7) is 6.49. The molecule has 1 saturated carbocycles. The highest BCUT2D eigenvalue weighted by molar-refractivity contribution is 5.15. The van der Waals surface area contributed by atoms with Gasteiger partial charge < -0.3 is 0 Å². The predicted octanol–water partition coefficient (Wildman–Crippen LogP) is 5.78. The molecule has 2 rings (SSSR count). The first-order valence-corrected chi connectivity index (χ1v) is 7.89. The largest absolute Gasteiger partial charge is 0.103 e. The summed E-state index contributed by atoms with van der Waals surface area (Å²) in [5.74, 6) is 0.906. The Kier molecular flexibility index (Phi) is 5.24. The van der Waals surface area contributed by atoms with Crippen LogP contribution in [0.4, 0.5) is 0 Å². The second kappa shape index (κ2) is 6.93. The molecule has 0 nitrogen and oxygen atoms in total. The fourth-order valence-electron chi connectivity index (χ4n) is 3.68. The van der Waals surface area contributed by atoms with Crippen LogP contribution in [0, 0.1) is 11.3 Å². The minimum absolute atomic E-state index is 0.456. The van der Waals surface area contributed by atoms with E-state index in [-0.39, 0.29) is 0 Å². The van der Waals surface area contributed by atoms with Gasteiger partial charge in [-0.2, -0.15) is 0 Å². The summed E-state index contributed by atoms with van der Waals surface area (Å²) in [5.41, 5.74) is 1.94. The van der Waals surface area contributed by atoms with E-state index in [1.807, 2.05) is 0 Å². The highest BCUT2D eigenvalue weighted by atomic mass is 14.4. The summed E-state index contributed by atoms with van der Waals surface area (Å²) in [5, 5.41) is 0. The van der Waals surface area contributed by atoms with Gasteiger partial charge >= 0.3 is 0 Å². The summed E-state index contributed by atoms with van der Waals surface area (Å²) >= 11 is 0. The number of allylic oxidation sites excluding steroid dienone is 1. The molecule has 1 unspecified atom stereocenters. The van der Waals surface area contributed by atoms with E-state index in [0.29, 0.717) is 5.41 Å². The van der Waals surface area contributed by atoms with Gasteiger partial charge in [0.1, 0.15) is 0 Å². The van der Waals surface area contributed by atoms with E-state index in [1.165, 1.54) is 56.9 Å². The predicted molar refractivity (Wildman–Crippen MR) is 84.3 cm³/mol. The van der Waals surface area contributed by atoms with Crippen molar-refractivity contribution in [3.05, 3.63) is 48.6 Å². The Morgan fingerprint density at radius 1 is 1.16 bits per heavy atom. The van der Waals surface area contributed by atoms with E-state index in [1.54, 1.807) is 0 Å². The molecule has 0 N–H and O–H groups in total. The van der Waals surface area contributed by atoms with Crippen molar-refractivity contribution in [1.29, 1.82) is 0 Å². The highest BCUT2D eigenvalue weighted by Crippen LogP contribution is 2.44. The number of benzene rings is 1. The molecular weight excluding hydrogens is 228 g/mol. The Labute approximate surface area is 118 Å². The average Bonchev–Trinajstić information content (AvgIpc) is 2.48. The van der Waals surface area contributed by atoms with Gasteiger partial charge in [0.25, 0.3) is 0 Å². The molecule has 0 aliphatic heterocycles. The molecule has 1 aromatic rings. The monoisotopic (exact) mass is 256 g/mol. The third-order valence-corrected chi connectivity index (χ3v) is 5.03. The van der Waals surface area contributed by atoms with E-state index in [2.05, 4.69) is 49.9 Å². The maximum atomic E-state index is 4.00. The first-order valence-electron chi connectivity index (χ1n) is 7.89. The van der Waals surface area contributed by atoms with Crippen molar-refractivity contribution in [1.82, 2.24) is 0 Å². The fourth-order valence-corrected chi connectivity index (χ4v) is 3.68. The number of aryl methyl sites for hydroxylation is 1. The van der Waals surface area contributed by atoms with Crippen molar-refractivity contribution in [2.24, 2.45) is 11.3 Å². The van der Waals surface area contributed by atoms with Crippen LogP contribution in [0.1, 0.15) is 57.4 Å². The minimum Gasteiger partial charge on any atom is -0.103 e. The standard InChI is InChI=1S/C19H28/c1-3-15-19(2,18-12-8-5-9-13-18)16-14-17-10-6-4-7-11-17/h3-4,6-7,10-11,18H,1,5,8-9,12-16H2,2H3. The zero-order valence-corrected chi connectivity index (χ0v) is 12.4. The third-order valence-electron chi connectivity index (χ3n) is 5.03. The van der Waals surface area contributed by atoms with Crippen LogP contribution in [0.3, 0.4) is 0 Å². The lowest BCUT2D eigenvalue weighted by Gasteiger charge is -2.40. The van der Waals surface area contributed by atoms with Crippen LogP contribution >= 0.6 is 0 Å². The molecule has 0 amide bonds. The Morgan fingerprint density at radius 3 is 2.47 bits per heavy atom. The normalized spacial score (nSPS) is 19.8. The van der Waals surface area contributed by atoms with Gasteiger partial charge in [0.15, 0.2) is 0 Å². The van der Waals surface area contributed by atoms with Crippen molar-refractivity contribution >= 4 is 0 Å². The quantitative estimate of drug-likeness (QED) is 0.566. The van der Waals surface area contributed by atoms with E-state index in [4.69, 9.17) is 0 Å². The molecule has 1 aliphatic rings. The lowest BCUT2D eigenvalue weighted by molar-refractivity contribution is 0.128. The summed E-state index contributed by atoms with van der Waals surface area (Å²) in [6.07, 6.45) is 13.0. The van der Waals surface area contributed by atoms with Gasteiger partial charge in [-0.1, -0.05) is 62.6 Å². The Balaban J connectivity index is 1.99. The fraction of sp³-hybridized carbons (Fsp3) is 0.579. The van der Waals surface area contributed by atoms with E-state index in [9.17, 15) is 0 Å². The van der Waals surface area contributed by atoms with Crippen LogP contribution in [-0.2, 0) is 6.42 Å². The van der Waals surface area contributed by atoms with Gasteiger partial charge in [-0.25, -0.2) is 0 Å². The maximum absolute atomic E-state index is 4.00. The van der Waals surface area contributed by atoms with Crippen molar-refractivity contribution in [3.8, 4) is 0 Å². The second-order valence-electron chi connectivity index (χ2n) is 6.47. The van der Waals surface area contributed by atoms with Gasteiger partial charge in [0, 0.05) is 0 Å². The van der Waals surface area contributed by atoms with Crippen molar-refractivity contribution in [2.45, 2.75) is 58.3 Å². The van der Waals surface area contributed by atoms with Crippen molar-refractivity contribution < 1.29 is 0 Å². The zero-order valence-electron chi connectivity index (χ0n) is 12.4. The van der Waals surface area contributed by atoms with Crippen LogP contribution in [0.5, 0.6) is 0 Å². The van der Waals surface area contributed by atoms with E-state index in [0.717, 1.165) is 5.92 Å². The molecule has 0 spiro atoms. The number of hydrogen-bond acceptors (Lipinski definition) is 0. The van der Waals surface area contributed by atoms with E-state index >= 15 is 0 Å². The smallest absolute Gasteiger partial charge is 0.0260 e. The maximum Gasteiger partial charge on any atom is -0.0260 e. The topological polar surface area (TPSA) is 0 Å². The first-order chi connectivity index (χ1) is 9.24. The molecule has 104 valence electrons. The summed E-state index contributed by atoms with van der Waals surface area (Å²) < 4.78 is 0. The number of rotatable bonds is 6. The van der Waals surface area contributed by atoms with E-state index < -0.39 is 0 Å². The van der Waals surface area contributed by atoms with Crippen LogP contribution in [0.2, 0.25) is 0 Å². The molecular formula is C19H28. The Bertz CT molecular complexity index is 372. The SMILES string of the molecule is C=CCC(C)(CCc1ccccc1)C1CCCCC1. The highest BCUT2D eigenvalue weighted by Gasteiger charge is 2.33. The molecule has 19 heavy (non-hydrogen) atoms. The summed E-state index contributed by atoms with van der Waals surface area (Å²) in [6, 6.07) is 10.9. The molecule has 1 aromatic carbocycles. The number of hydrogen-bond donors (Lipinski definition) is 0. The zero-order chi connectivity index (χ0) is 13.6. The molecule has 1 fully saturated rings. The lowest BCUT2D eigenvalue weighted by Crippen LogP contribution is -2.29. The van der Waals surface area contributed by atoms with Gasteiger partial charge in [-0.05, 0) is 49.0 Å². The molecule has 0 heteroatoms. The van der Waals surface area contributed by atoms with Crippen molar-refractivity contribution in [3.63, 3.8) is 0 Å². The van der Waals surface area contributed by atoms with Gasteiger partial charge in [-0.15, -0.1) is 6.58 Å². The first kappa shape index (κ1) is 14.4. The van der Waals surface area contributed by atoms with Crippen LogP contribution in [0.25, 0.3) is 0 Å². The average molecular weight is 256 g/mol.